The molecule has 1 aromatic heterocycles. The molecule has 0 saturated carbocycles. The van der Waals surface area contributed by atoms with Crippen molar-refractivity contribution in [3.05, 3.63) is 50.9 Å². The molecule has 1 aliphatic heterocycles. The molecule has 0 amide bonds. The number of hydrogen-bond donors (Lipinski definition) is 1. The fourth-order valence-corrected chi connectivity index (χ4v) is 3.70. The van der Waals surface area contributed by atoms with Gasteiger partial charge in [0.1, 0.15) is 11.7 Å². The van der Waals surface area contributed by atoms with Gasteiger partial charge in [-0.1, -0.05) is 17.4 Å². The van der Waals surface area contributed by atoms with E-state index in [0.29, 0.717) is 10.6 Å². The van der Waals surface area contributed by atoms with Crippen molar-refractivity contribution in [2.45, 2.75) is 5.92 Å². The van der Waals surface area contributed by atoms with Crippen LogP contribution in [0.1, 0.15) is 16.4 Å². The summed E-state index contributed by atoms with van der Waals surface area (Å²) in [6.45, 7) is 0. The number of nitrogens with one attached hydrogen (secondary N) is 1. The maximum atomic E-state index is 11.0. The molecule has 0 radical (unpaired) electrons. The van der Waals surface area contributed by atoms with Crippen molar-refractivity contribution < 1.29 is 9.66 Å². The lowest BCUT2D eigenvalue weighted by molar-refractivity contribution is -0.380. The van der Waals surface area contributed by atoms with Gasteiger partial charge in [-0.05, 0) is 12.1 Å². The van der Waals surface area contributed by atoms with Crippen LogP contribution < -0.4 is 9.64 Å². The first-order chi connectivity index (χ1) is 11.4. The van der Waals surface area contributed by atoms with Gasteiger partial charge < -0.3 is 9.64 Å². The zero-order chi connectivity index (χ0) is 17.4. The number of hydrogen-bond acceptors (Lipinski definition) is 7. The van der Waals surface area contributed by atoms with Crippen molar-refractivity contribution >= 4 is 27.9 Å². The predicted octanol–water partition coefficient (Wildman–Crippen LogP) is 3.36. The Labute approximate surface area is 142 Å². The number of fused-ring (bicyclic) bond motifs is 1. The first kappa shape index (κ1) is 16.0. The Balaban J connectivity index is 2.14. The minimum atomic E-state index is -0.805. The number of nitrogens with zero attached hydrogens (tertiary/aromatic N) is 3. The van der Waals surface area contributed by atoms with E-state index < -0.39 is 16.8 Å². The smallest absolute Gasteiger partial charge is 0.324 e. The Hall–Kier alpha value is -2.92. The fourth-order valence-electron chi connectivity index (χ4n) is 2.72. The van der Waals surface area contributed by atoms with Crippen molar-refractivity contribution in [1.29, 1.82) is 10.7 Å². The molecule has 122 valence electrons. The Kier molecular flexibility index (Phi) is 3.95. The van der Waals surface area contributed by atoms with Crippen LogP contribution in [0.5, 0.6) is 5.75 Å². The van der Waals surface area contributed by atoms with Crippen LogP contribution in [0, 0.1) is 32.8 Å². The van der Waals surface area contributed by atoms with Gasteiger partial charge >= 0.3 is 5.00 Å². The summed E-state index contributed by atoms with van der Waals surface area (Å²) in [5, 5.41) is 28.5. The topological polar surface area (TPSA) is 103 Å². The lowest BCUT2D eigenvalue weighted by Crippen LogP contribution is -2.30. The summed E-state index contributed by atoms with van der Waals surface area (Å²) >= 11 is 1.03. The molecule has 0 fully saturated rings. The van der Waals surface area contributed by atoms with Crippen LogP contribution in [0.25, 0.3) is 0 Å². The third-order valence-electron chi connectivity index (χ3n) is 3.92. The third-order valence-corrected chi connectivity index (χ3v) is 5.04. The highest BCUT2D eigenvalue weighted by molar-refractivity contribution is 7.15. The van der Waals surface area contributed by atoms with Gasteiger partial charge in [0, 0.05) is 48.3 Å². The number of rotatable bonds is 3. The molecule has 0 aliphatic carbocycles. The summed E-state index contributed by atoms with van der Waals surface area (Å²) < 4.78 is 5.54. The molecule has 24 heavy (non-hydrogen) atoms. The van der Waals surface area contributed by atoms with E-state index in [2.05, 4.69) is 6.07 Å². The first-order valence-electron chi connectivity index (χ1n) is 7.13. The summed E-state index contributed by atoms with van der Waals surface area (Å²) in [4.78, 5) is 13.1. The fraction of sp³-hybridized carbons (Fsp3) is 0.250. The zero-order valence-corrected chi connectivity index (χ0v) is 13.8. The minimum absolute atomic E-state index is 0.0196. The molecule has 0 spiro atoms. The zero-order valence-electron chi connectivity index (χ0n) is 13.0. The molecule has 1 N–H and O–H groups in total. The number of ether oxygens (including phenoxy) is 1. The minimum Gasteiger partial charge on any atom is -0.442 e. The van der Waals surface area contributed by atoms with E-state index in [1.807, 2.05) is 37.2 Å². The van der Waals surface area contributed by atoms with Crippen LogP contribution in [0.3, 0.4) is 0 Å². The molecule has 2 aromatic rings. The first-order valence-corrected chi connectivity index (χ1v) is 7.95. The molecular weight excluding hydrogens is 328 g/mol. The van der Waals surface area contributed by atoms with Crippen LogP contribution in [-0.2, 0) is 0 Å². The Bertz CT molecular complexity index is 868. The number of thiophene rings is 1. The second kappa shape index (κ2) is 5.94. The van der Waals surface area contributed by atoms with Gasteiger partial charge in [0.15, 0.2) is 0 Å². The van der Waals surface area contributed by atoms with Gasteiger partial charge in [-0.25, -0.2) is 0 Å². The third kappa shape index (κ3) is 2.59. The summed E-state index contributed by atoms with van der Waals surface area (Å²) in [5.74, 6) is -0.872. The largest absolute Gasteiger partial charge is 0.442 e. The highest BCUT2D eigenvalue weighted by Crippen LogP contribution is 2.46. The van der Waals surface area contributed by atoms with Crippen LogP contribution in [0.15, 0.2) is 30.3 Å². The summed E-state index contributed by atoms with van der Waals surface area (Å²) in [5.41, 5.74) is 1.67. The van der Waals surface area contributed by atoms with Crippen molar-refractivity contribution in [1.82, 2.24) is 0 Å². The van der Waals surface area contributed by atoms with E-state index in [-0.39, 0.29) is 10.9 Å². The summed E-state index contributed by atoms with van der Waals surface area (Å²) in [6.07, 6.45) is 0. The second-order valence-corrected chi connectivity index (χ2v) is 6.69. The van der Waals surface area contributed by atoms with E-state index in [1.165, 1.54) is 6.07 Å². The average Bonchev–Trinajstić information content (AvgIpc) is 3.02. The Morgan fingerprint density at radius 3 is 2.71 bits per heavy atom. The predicted molar refractivity (Wildman–Crippen MR) is 91.0 cm³/mol. The van der Waals surface area contributed by atoms with E-state index in [9.17, 15) is 15.4 Å². The van der Waals surface area contributed by atoms with Gasteiger partial charge in [0.05, 0.1) is 11.0 Å². The molecule has 1 aliphatic rings. The van der Waals surface area contributed by atoms with Crippen LogP contribution in [-0.4, -0.2) is 24.9 Å². The quantitative estimate of drug-likeness (QED) is 0.680. The lowest BCUT2D eigenvalue weighted by Gasteiger charge is -2.30. The summed E-state index contributed by atoms with van der Waals surface area (Å²) in [6, 6.07) is 10.8. The highest BCUT2D eigenvalue weighted by atomic mass is 32.1. The maximum absolute atomic E-state index is 11.0. The van der Waals surface area contributed by atoms with Crippen LogP contribution >= 0.6 is 11.3 Å². The second-order valence-electron chi connectivity index (χ2n) is 5.60. The average molecular weight is 342 g/mol. The van der Waals surface area contributed by atoms with Gasteiger partial charge in [0.2, 0.25) is 5.90 Å². The molecule has 2 atom stereocenters. The normalized spacial score (nSPS) is 19.1. The molecule has 1 aromatic carbocycles. The van der Waals surface area contributed by atoms with Gasteiger partial charge in [-0.15, -0.1) is 0 Å². The SMILES string of the molecule is CN(C)c1ccc2c(c1)OC(=N)C(C#N)C2c1ccc([N+](=O)[O-])s1. The van der Waals surface area contributed by atoms with Crippen LogP contribution in [0.2, 0.25) is 0 Å². The molecule has 8 heteroatoms. The lowest BCUT2D eigenvalue weighted by atomic mass is 9.83. The standard InChI is InChI=1S/C16H14N4O3S/c1-19(2)9-3-4-10-12(7-9)23-16(18)11(8-17)15(10)13-5-6-14(24-13)20(21)22/h3-7,11,15,18H,1-2H3. The number of nitriles is 1. The Morgan fingerprint density at radius 2 is 2.12 bits per heavy atom. The van der Waals surface area contributed by atoms with E-state index in [0.717, 1.165) is 22.6 Å². The number of anilines is 1. The molecule has 2 heterocycles. The van der Waals surface area contributed by atoms with E-state index >= 15 is 0 Å². The monoisotopic (exact) mass is 342 g/mol. The molecule has 0 bridgehead atoms. The molecule has 2 unspecified atom stereocenters. The molecule has 0 saturated heterocycles. The van der Waals surface area contributed by atoms with Crippen molar-refractivity contribution in [3.63, 3.8) is 0 Å². The van der Waals surface area contributed by atoms with E-state index in [1.54, 1.807) is 6.07 Å². The van der Waals surface area contributed by atoms with Crippen molar-refractivity contribution in [2.75, 3.05) is 19.0 Å². The molecule has 7 nitrogen and oxygen atoms in total. The summed E-state index contributed by atoms with van der Waals surface area (Å²) in [7, 11) is 3.79. The van der Waals surface area contributed by atoms with Gasteiger partial charge in [-0.2, -0.15) is 5.26 Å². The van der Waals surface area contributed by atoms with Crippen LogP contribution in [0.4, 0.5) is 10.7 Å². The van der Waals surface area contributed by atoms with Gasteiger partial charge in [-0.3, -0.25) is 15.5 Å². The van der Waals surface area contributed by atoms with Gasteiger partial charge in [0.25, 0.3) is 0 Å². The highest BCUT2D eigenvalue weighted by Gasteiger charge is 2.38. The maximum Gasteiger partial charge on any atom is 0.324 e. The molecular formula is C16H14N4O3S. The number of benzene rings is 1. The van der Waals surface area contributed by atoms with E-state index in [4.69, 9.17) is 10.1 Å². The Morgan fingerprint density at radius 1 is 1.38 bits per heavy atom. The molecule has 3 rings (SSSR count). The van der Waals surface area contributed by atoms with Crippen molar-refractivity contribution in [3.8, 4) is 11.8 Å². The van der Waals surface area contributed by atoms with Crippen molar-refractivity contribution in [2.24, 2.45) is 5.92 Å². The number of nitro groups is 1.